The van der Waals surface area contributed by atoms with E-state index < -0.39 is 17.7 Å². The summed E-state index contributed by atoms with van der Waals surface area (Å²) < 4.78 is 11.6. The molecule has 7 nitrogen and oxygen atoms in total. The highest BCUT2D eigenvalue weighted by Gasteiger charge is 2.47. The number of Topliss-reactive ketones (excluding diaryl/α,β-unsaturated/α-hetero) is 1. The molecule has 7 heteroatoms. The third-order valence-electron chi connectivity index (χ3n) is 6.49. The van der Waals surface area contributed by atoms with Crippen molar-refractivity contribution in [2.24, 2.45) is 5.92 Å². The molecule has 1 aromatic heterocycles. The maximum absolute atomic E-state index is 13.4. The quantitative estimate of drug-likeness (QED) is 0.154. The second-order valence-electron chi connectivity index (χ2n) is 9.92. The van der Waals surface area contributed by atoms with E-state index in [2.05, 4.69) is 18.8 Å². The lowest BCUT2D eigenvalue weighted by atomic mass is 9.98. The minimum absolute atomic E-state index is 0.0241. The third-order valence-corrected chi connectivity index (χ3v) is 6.49. The molecule has 202 valence electrons. The average Bonchev–Trinajstić information content (AvgIpc) is 3.26. The Bertz CT molecular complexity index is 1500. The van der Waals surface area contributed by atoms with E-state index in [0.717, 1.165) is 5.56 Å². The van der Waals surface area contributed by atoms with Crippen LogP contribution in [0.15, 0.2) is 109 Å². The second-order valence-corrected chi connectivity index (χ2v) is 9.92. The molecule has 0 spiro atoms. The van der Waals surface area contributed by atoms with Crippen LogP contribution in [0.1, 0.15) is 36.7 Å². The number of aliphatic hydroxyl groups excluding tert-OH is 1. The number of anilines is 1. The predicted octanol–water partition coefficient (Wildman–Crippen LogP) is 6.32. The summed E-state index contributed by atoms with van der Waals surface area (Å²) in [6, 6.07) is 27.9. The van der Waals surface area contributed by atoms with Gasteiger partial charge in [0.2, 0.25) is 0 Å². The molecule has 4 aromatic rings. The molecule has 2 heterocycles. The zero-order valence-corrected chi connectivity index (χ0v) is 22.4. The molecule has 1 amide bonds. The van der Waals surface area contributed by atoms with E-state index in [4.69, 9.17) is 9.47 Å². The van der Waals surface area contributed by atoms with Gasteiger partial charge in [-0.05, 0) is 72.1 Å². The van der Waals surface area contributed by atoms with Crippen LogP contribution >= 0.6 is 0 Å². The van der Waals surface area contributed by atoms with Crippen LogP contribution in [0, 0.1) is 5.92 Å². The highest BCUT2D eigenvalue weighted by Crippen LogP contribution is 2.42. The summed E-state index contributed by atoms with van der Waals surface area (Å²) in [5, 5.41) is 11.3. The molecular formula is C33H30N2O5. The van der Waals surface area contributed by atoms with Crippen LogP contribution in [-0.4, -0.2) is 28.4 Å². The van der Waals surface area contributed by atoms with Crippen LogP contribution < -0.4 is 14.4 Å². The molecule has 0 aliphatic carbocycles. The normalized spacial score (nSPS) is 16.4. The molecule has 1 N–H and O–H groups in total. The average molecular weight is 535 g/mol. The summed E-state index contributed by atoms with van der Waals surface area (Å²) in [7, 11) is 0. The summed E-state index contributed by atoms with van der Waals surface area (Å²) in [5.41, 5.74) is 2.36. The van der Waals surface area contributed by atoms with Gasteiger partial charge in [0.15, 0.2) is 0 Å². The molecule has 40 heavy (non-hydrogen) atoms. The SMILES string of the molecule is CC(C)COc1ccc(/C(O)=C2/C(=O)C(=O)N(c3ccc(OCc4ccccc4)cc3)C2c2ccccn2)cc1. The minimum atomic E-state index is -0.908. The first-order chi connectivity index (χ1) is 19.4. The Kier molecular flexibility index (Phi) is 7.92. The van der Waals surface area contributed by atoms with Crippen molar-refractivity contribution in [2.45, 2.75) is 26.5 Å². The maximum atomic E-state index is 13.4. The van der Waals surface area contributed by atoms with Gasteiger partial charge < -0.3 is 14.6 Å². The molecular weight excluding hydrogens is 504 g/mol. The van der Waals surface area contributed by atoms with Crippen molar-refractivity contribution in [1.82, 2.24) is 4.98 Å². The van der Waals surface area contributed by atoms with Crippen LogP contribution in [0.5, 0.6) is 11.5 Å². The zero-order chi connectivity index (χ0) is 28.1. The van der Waals surface area contributed by atoms with Gasteiger partial charge >= 0.3 is 0 Å². The lowest BCUT2D eigenvalue weighted by Crippen LogP contribution is -2.29. The number of hydrogen-bond acceptors (Lipinski definition) is 6. The van der Waals surface area contributed by atoms with Gasteiger partial charge in [-0.2, -0.15) is 0 Å². The van der Waals surface area contributed by atoms with E-state index in [0.29, 0.717) is 47.6 Å². The molecule has 5 rings (SSSR count). The van der Waals surface area contributed by atoms with Crippen molar-refractivity contribution >= 4 is 23.1 Å². The lowest BCUT2D eigenvalue weighted by molar-refractivity contribution is -0.132. The Morgan fingerprint density at radius 3 is 2.15 bits per heavy atom. The minimum Gasteiger partial charge on any atom is -0.507 e. The Hall–Kier alpha value is -4.91. The fourth-order valence-electron chi connectivity index (χ4n) is 4.49. The first kappa shape index (κ1) is 26.7. The number of ether oxygens (including phenoxy) is 2. The molecule has 0 bridgehead atoms. The van der Waals surface area contributed by atoms with Crippen LogP contribution in [0.4, 0.5) is 5.69 Å². The molecule has 0 radical (unpaired) electrons. The number of aliphatic hydroxyl groups is 1. The van der Waals surface area contributed by atoms with Crippen molar-refractivity contribution in [3.63, 3.8) is 0 Å². The van der Waals surface area contributed by atoms with E-state index in [1.807, 2.05) is 30.3 Å². The van der Waals surface area contributed by atoms with Gasteiger partial charge in [-0.1, -0.05) is 50.2 Å². The summed E-state index contributed by atoms with van der Waals surface area (Å²) in [5.74, 6) is -0.147. The zero-order valence-electron chi connectivity index (χ0n) is 22.4. The van der Waals surface area contributed by atoms with E-state index in [-0.39, 0.29) is 11.3 Å². The number of ketones is 1. The van der Waals surface area contributed by atoms with E-state index >= 15 is 0 Å². The van der Waals surface area contributed by atoms with E-state index in [1.165, 1.54) is 4.90 Å². The summed E-state index contributed by atoms with van der Waals surface area (Å²) in [4.78, 5) is 32.6. The second kappa shape index (κ2) is 11.9. The topological polar surface area (TPSA) is 89.0 Å². The molecule has 3 aromatic carbocycles. The van der Waals surface area contributed by atoms with Crippen molar-refractivity contribution in [3.05, 3.63) is 126 Å². The highest BCUT2D eigenvalue weighted by molar-refractivity contribution is 6.51. The number of nitrogens with zero attached hydrogens (tertiary/aromatic N) is 2. The Morgan fingerprint density at radius 2 is 1.50 bits per heavy atom. The van der Waals surface area contributed by atoms with Crippen LogP contribution in [0.25, 0.3) is 5.76 Å². The number of carbonyl (C=O) groups excluding carboxylic acids is 2. The van der Waals surface area contributed by atoms with Gasteiger partial charge in [-0.15, -0.1) is 0 Å². The molecule has 1 aliphatic heterocycles. The first-order valence-electron chi connectivity index (χ1n) is 13.1. The number of rotatable bonds is 9. The number of pyridine rings is 1. The Morgan fingerprint density at radius 1 is 0.850 bits per heavy atom. The molecule has 1 aliphatic rings. The molecule has 1 atom stereocenters. The Labute approximate surface area is 233 Å². The Balaban J connectivity index is 1.47. The molecule has 0 saturated carbocycles. The van der Waals surface area contributed by atoms with Crippen LogP contribution in [0.3, 0.4) is 0 Å². The van der Waals surface area contributed by atoms with Gasteiger partial charge in [0.1, 0.15) is 29.9 Å². The number of aromatic nitrogens is 1. The van der Waals surface area contributed by atoms with Crippen molar-refractivity contribution in [2.75, 3.05) is 11.5 Å². The van der Waals surface area contributed by atoms with Gasteiger partial charge in [-0.25, -0.2) is 0 Å². The molecule has 1 saturated heterocycles. The van der Waals surface area contributed by atoms with Gasteiger partial charge in [0, 0.05) is 17.4 Å². The van der Waals surface area contributed by atoms with Gasteiger partial charge in [0.25, 0.3) is 11.7 Å². The number of amides is 1. The predicted molar refractivity (Wildman–Crippen MR) is 153 cm³/mol. The number of carbonyl (C=O) groups is 2. The molecule has 1 fully saturated rings. The molecule has 1 unspecified atom stereocenters. The third kappa shape index (κ3) is 5.73. The summed E-state index contributed by atoms with van der Waals surface area (Å²) in [6.45, 7) is 5.08. The fraction of sp³-hybridized carbons (Fsp3) is 0.182. The van der Waals surface area contributed by atoms with Crippen molar-refractivity contribution < 1.29 is 24.2 Å². The summed E-state index contributed by atoms with van der Waals surface area (Å²) >= 11 is 0. The van der Waals surface area contributed by atoms with Crippen molar-refractivity contribution in [3.8, 4) is 11.5 Å². The first-order valence-corrected chi connectivity index (χ1v) is 13.1. The summed E-state index contributed by atoms with van der Waals surface area (Å²) in [6.07, 6.45) is 1.59. The largest absolute Gasteiger partial charge is 0.507 e. The fourth-order valence-corrected chi connectivity index (χ4v) is 4.49. The van der Waals surface area contributed by atoms with Crippen LogP contribution in [-0.2, 0) is 16.2 Å². The standard InChI is InChI=1S/C33H30N2O5/c1-22(2)20-39-26-15-11-24(12-16-26)31(36)29-30(28-10-6-7-19-34-28)35(33(38)32(29)37)25-13-17-27(18-14-25)40-21-23-8-4-3-5-9-23/h3-19,22,30,36H,20-21H2,1-2H3/b31-29-. The lowest BCUT2D eigenvalue weighted by Gasteiger charge is -2.24. The maximum Gasteiger partial charge on any atom is 0.300 e. The van der Waals surface area contributed by atoms with Crippen molar-refractivity contribution in [1.29, 1.82) is 0 Å². The van der Waals surface area contributed by atoms with Gasteiger partial charge in [0.05, 0.1) is 17.9 Å². The monoisotopic (exact) mass is 534 g/mol. The van der Waals surface area contributed by atoms with E-state index in [9.17, 15) is 14.7 Å². The van der Waals surface area contributed by atoms with Crippen LogP contribution in [0.2, 0.25) is 0 Å². The van der Waals surface area contributed by atoms with E-state index in [1.54, 1.807) is 72.9 Å². The smallest absolute Gasteiger partial charge is 0.300 e. The number of hydrogen-bond donors (Lipinski definition) is 1. The number of benzene rings is 3. The van der Waals surface area contributed by atoms with Gasteiger partial charge in [-0.3, -0.25) is 19.5 Å². The highest BCUT2D eigenvalue weighted by atomic mass is 16.5.